The predicted octanol–water partition coefficient (Wildman–Crippen LogP) is 1.15. The third-order valence-corrected chi connectivity index (χ3v) is 2.36. The van der Waals surface area contributed by atoms with Gasteiger partial charge in [0, 0.05) is 11.9 Å². The molecule has 2 aromatic rings. The fraction of sp³-hybridized carbons (Fsp3) is 0.143. The first-order valence-electron chi connectivity index (χ1n) is 3.29. The summed E-state index contributed by atoms with van der Waals surface area (Å²) in [5.41, 5.74) is 6.42. The van der Waals surface area contributed by atoms with E-state index in [-0.39, 0.29) is 0 Å². The average molecular weight is 165 g/mol. The molecule has 2 heterocycles. The van der Waals surface area contributed by atoms with Crippen LogP contribution in [0.5, 0.6) is 0 Å². The largest absolute Gasteiger partial charge is 0.325 e. The normalized spacial score (nSPS) is 10.6. The lowest BCUT2D eigenvalue weighted by Gasteiger charge is -1.94. The second-order valence-electron chi connectivity index (χ2n) is 2.16. The number of fused-ring (bicyclic) bond motifs is 1. The molecule has 3 nitrogen and oxygen atoms in total. The maximum Gasteiger partial charge on any atom is 0.126 e. The van der Waals surface area contributed by atoms with Crippen LogP contribution in [-0.4, -0.2) is 9.97 Å². The summed E-state index contributed by atoms with van der Waals surface area (Å²) >= 11 is 1.61. The van der Waals surface area contributed by atoms with Crippen LogP contribution in [0.25, 0.3) is 10.2 Å². The maximum absolute atomic E-state index is 5.49. The third kappa shape index (κ3) is 1.00. The SMILES string of the molecule is NCc1ncnc2sccc12. The standard InChI is InChI=1S/C7H7N3S/c8-3-6-5-1-2-11-7(5)10-4-9-6/h1-2,4H,3,8H2. The summed E-state index contributed by atoms with van der Waals surface area (Å²) in [6, 6.07) is 2.00. The van der Waals surface area contributed by atoms with Gasteiger partial charge in [-0.15, -0.1) is 11.3 Å². The fourth-order valence-corrected chi connectivity index (χ4v) is 1.76. The molecule has 0 aliphatic heterocycles. The fourth-order valence-electron chi connectivity index (χ4n) is 1.00. The quantitative estimate of drug-likeness (QED) is 0.689. The van der Waals surface area contributed by atoms with Crippen LogP contribution >= 0.6 is 11.3 Å². The van der Waals surface area contributed by atoms with Gasteiger partial charge in [-0.1, -0.05) is 0 Å². The van der Waals surface area contributed by atoms with Crippen LogP contribution in [-0.2, 0) is 6.54 Å². The molecule has 2 aromatic heterocycles. The van der Waals surface area contributed by atoms with Gasteiger partial charge in [0.2, 0.25) is 0 Å². The van der Waals surface area contributed by atoms with Crippen LogP contribution in [0, 0.1) is 0 Å². The van der Waals surface area contributed by atoms with Crippen molar-refractivity contribution in [3.05, 3.63) is 23.5 Å². The van der Waals surface area contributed by atoms with Gasteiger partial charge in [0.05, 0.1) is 5.69 Å². The number of hydrogen-bond acceptors (Lipinski definition) is 4. The topological polar surface area (TPSA) is 51.8 Å². The average Bonchev–Trinajstić information content (AvgIpc) is 2.50. The van der Waals surface area contributed by atoms with E-state index in [0.29, 0.717) is 6.54 Å². The lowest BCUT2D eigenvalue weighted by molar-refractivity contribution is 0.993. The van der Waals surface area contributed by atoms with Gasteiger partial charge in [0.25, 0.3) is 0 Å². The number of rotatable bonds is 1. The van der Waals surface area contributed by atoms with Gasteiger partial charge in [-0.05, 0) is 11.4 Å². The molecule has 0 radical (unpaired) electrons. The number of nitrogens with zero attached hydrogens (tertiary/aromatic N) is 2. The van der Waals surface area contributed by atoms with Crippen LogP contribution in [0.2, 0.25) is 0 Å². The minimum atomic E-state index is 0.482. The Morgan fingerprint density at radius 3 is 3.18 bits per heavy atom. The lowest BCUT2D eigenvalue weighted by Crippen LogP contribution is -1.99. The first-order chi connectivity index (χ1) is 5.42. The van der Waals surface area contributed by atoms with Crippen LogP contribution in [0.3, 0.4) is 0 Å². The molecule has 0 saturated carbocycles. The summed E-state index contributed by atoms with van der Waals surface area (Å²) in [4.78, 5) is 9.18. The third-order valence-electron chi connectivity index (χ3n) is 1.54. The maximum atomic E-state index is 5.49. The molecule has 0 fully saturated rings. The second-order valence-corrected chi connectivity index (χ2v) is 3.06. The molecular formula is C7H7N3S. The highest BCUT2D eigenvalue weighted by Gasteiger charge is 2.00. The summed E-state index contributed by atoms with van der Waals surface area (Å²) in [5.74, 6) is 0. The Balaban J connectivity index is 2.79. The summed E-state index contributed by atoms with van der Waals surface area (Å²) in [7, 11) is 0. The van der Waals surface area contributed by atoms with Crippen molar-refractivity contribution in [3.63, 3.8) is 0 Å². The van der Waals surface area contributed by atoms with Gasteiger partial charge >= 0.3 is 0 Å². The molecule has 11 heavy (non-hydrogen) atoms. The molecule has 56 valence electrons. The Hall–Kier alpha value is -1.00. The highest BCUT2D eigenvalue weighted by Crippen LogP contribution is 2.19. The molecule has 0 saturated heterocycles. The molecule has 0 amide bonds. The van der Waals surface area contributed by atoms with Gasteiger partial charge in [-0.2, -0.15) is 0 Å². The van der Waals surface area contributed by atoms with Crippen molar-refractivity contribution in [3.8, 4) is 0 Å². The van der Waals surface area contributed by atoms with Crippen molar-refractivity contribution in [1.82, 2.24) is 9.97 Å². The van der Waals surface area contributed by atoms with Crippen molar-refractivity contribution < 1.29 is 0 Å². The Labute approximate surface area is 67.9 Å². The van der Waals surface area contributed by atoms with E-state index in [4.69, 9.17) is 5.73 Å². The Bertz CT molecular complexity index is 368. The number of thiophene rings is 1. The molecule has 0 atom stereocenters. The van der Waals surface area contributed by atoms with Gasteiger partial charge < -0.3 is 5.73 Å². The van der Waals surface area contributed by atoms with E-state index in [1.165, 1.54) is 0 Å². The summed E-state index contributed by atoms with van der Waals surface area (Å²) in [6.07, 6.45) is 1.56. The summed E-state index contributed by atoms with van der Waals surface area (Å²) < 4.78 is 0. The van der Waals surface area contributed by atoms with E-state index in [1.54, 1.807) is 17.7 Å². The molecule has 2 N–H and O–H groups in total. The van der Waals surface area contributed by atoms with Crippen LogP contribution in [0.4, 0.5) is 0 Å². The number of hydrogen-bond donors (Lipinski definition) is 1. The molecule has 2 rings (SSSR count). The highest BCUT2D eigenvalue weighted by molar-refractivity contribution is 7.16. The number of nitrogens with two attached hydrogens (primary N) is 1. The molecule has 0 aromatic carbocycles. The van der Waals surface area contributed by atoms with Crippen molar-refractivity contribution in [2.75, 3.05) is 0 Å². The molecule has 0 bridgehead atoms. The molecule has 0 spiro atoms. The lowest BCUT2D eigenvalue weighted by atomic mass is 10.3. The molecule has 0 aliphatic rings. The van der Waals surface area contributed by atoms with Crippen molar-refractivity contribution in [2.24, 2.45) is 5.73 Å². The zero-order valence-corrected chi connectivity index (χ0v) is 6.64. The molecular weight excluding hydrogens is 158 g/mol. The predicted molar refractivity (Wildman–Crippen MR) is 45.3 cm³/mol. The van der Waals surface area contributed by atoms with Gasteiger partial charge in [-0.25, -0.2) is 9.97 Å². The van der Waals surface area contributed by atoms with E-state index < -0.39 is 0 Å². The minimum Gasteiger partial charge on any atom is -0.325 e. The Morgan fingerprint density at radius 1 is 1.45 bits per heavy atom. The first kappa shape index (κ1) is 6.69. The monoisotopic (exact) mass is 165 g/mol. The summed E-state index contributed by atoms with van der Waals surface area (Å²) in [6.45, 7) is 0.482. The Morgan fingerprint density at radius 2 is 2.36 bits per heavy atom. The van der Waals surface area contributed by atoms with E-state index in [9.17, 15) is 0 Å². The zero-order chi connectivity index (χ0) is 7.68. The van der Waals surface area contributed by atoms with Crippen molar-refractivity contribution in [2.45, 2.75) is 6.54 Å². The molecule has 0 unspecified atom stereocenters. The van der Waals surface area contributed by atoms with Crippen LogP contribution in [0.1, 0.15) is 5.69 Å². The summed E-state index contributed by atoms with van der Waals surface area (Å²) in [5, 5.41) is 3.08. The van der Waals surface area contributed by atoms with Gasteiger partial charge in [0.1, 0.15) is 11.2 Å². The van der Waals surface area contributed by atoms with Crippen molar-refractivity contribution in [1.29, 1.82) is 0 Å². The second kappa shape index (κ2) is 2.56. The van der Waals surface area contributed by atoms with E-state index in [2.05, 4.69) is 9.97 Å². The molecule has 0 aliphatic carbocycles. The van der Waals surface area contributed by atoms with E-state index in [0.717, 1.165) is 15.9 Å². The van der Waals surface area contributed by atoms with Crippen LogP contribution in [0.15, 0.2) is 17.8 Å². The smallest absolute Gasteiger partial charge is 0.126 e. The van der Waals surface area contributed by atoms with E-state index in [1.807, 2.05) is 11.4 Å². The highest BCUT2D eigenvalue weighted by atomic mass is 32.1. The molecule has 4 heteroatoms. The first-order valence-corrected chi connectivity index (χ1v) is 4.17. The van der Waals surface area contributed by atoms with E-state index >= 15 is 0 Å². The zero-order valence-electron chi connectivity index (χ0n) is 5.82. The number of aromatic nitrogens is 2. The Kier molecular flexibility index (Phi) is 1.56. The van der Waals surface area contributed by atoms with Gasteiger partial charge in [-0.3, -0.25) is 0 Å². The minimum absolute atomic E-state index is 0.482. The van der Waals surface area contributed by atoms with Crippen molar-refractivity contribution >= 4 is 21.6 Å². The van der Waals surface area contributed by atoms with Crippen LogP contribution < -0.4 is 5.73 Å². The van der Waals surface area contributed by atoms with Gasteiger partial charge in [0.15, 0.2) is 0 Å².